The lowest BCUT2D eigenvalue weighted by Gasteiger charge is -2.24. The van der Waals surface area contributed by atoms with Crippen molar-refractivity contribution in [2.45, 2.75) is 44.3 Å². The molecule has 1 saturated carbocycles. The van der Waals surface area contributed by atoms with Crippen molar-refractivity contribution in [2.24, 2.45) is 5.92 Å². The minimum Gasteiger partial charge on any atom is -0.393 e. The minimum absolute atomic E-state index is 0.0579. The molecule has 70 valence electrons. The maximum absolute atomic E-state index is 9.81. The average molecular weight is 170 g/mol. The highest BCUT2D eigenvalue weighted by Gasteiger charge is 2.30. The van der Waals surface area contributed by atoms with Gasteiger partial charge in [-0.15, -0.1) is 6.58 Å². The van der Waals surface area contributed by atoms with Gasteiger partial charge >= 0.3 is 0 Å². The van der Waals surface area contributed by atoms with Gasteiger partial charge in [0, 0.05) is 5.92 Å². The van der Waals surface area contributed by atoms with Crippen LogP contribution in [0.3, 0.4) is 0 Å². The average Bonchev–Trinajstić information content (AvgIpc) is 2.10. The van der Waals surface area contributed by atoms with Gasteiger partial charge in [0.1, 0.15) is 0 Å². The van der Waals surface area contributed by atoms with Crippen LogP contribution in [0.15, 0.2) is 12.7 Å². The van der Waals surface area contributed by atoms with Crippen LogP contribution in [0.5, 0.6) is 0 Å². The van der Waals surface area contributed by atoms with Crippen molar-refractivity contribution in [3.05, 3.63) is 12.7 Å². The second kappa shape index (κ2) is 3.58. The van der Waals surface area contributed by atoms with E-state index >= 15 is 0 Å². The van der Waals surface area contributed by atoms with Crippen LogP contribution in [0.25, 0.3) is 0 Å². The quantitative estimate of drug-likeness (QED) is 0.462. The molecule has 3 unspecified atom stereocenters. The Bertz CT molecular complexity index is 163. The van der Waals surface area contributed by atoms with Gasteiger partial charge in [0.2, 0.25) is 0 Å². The summed E-state index contributed by atoms with van der Waals surface area (Å²) in [6.07, 6.45) is 4.55. The Balaban J connectivity index is 2.65. The van der Waals surface area contributed by atoms with Gasteiger partial charge < -0.3 is 10.2 Å². The molecule has 2 N–H and O–H groups in total. The molecule has 0 saturated heterocycles. The second-order valence-electron chi connectivity index (χ2n) is 4.06. The van der Waals surface area contributed by atoms with Gasteiger partial charge in [0.15, 0.2) is 0 Å². The molecule has 0 aromatic carbocycles. The molecule has 1 fully saturated rings. The lowest BCUT2D eigenvalue weighted by atomic mass is 9.90. The van der Waals surface area contributed by atoms with Crippen LogP contribution in [0.1, 0.15) is 32.6 Å². The fraction of sp³-hybridized carbons (Fsp3) is 0.800. The number of hydrogen-bond donors (Lipinski definition) is 2. The summed E-state index contributed by atoms with van der Waals surface area (Å²) in [7, 11) is 0. The zero-order valence-electron chi connectivity index (χ0n) is 7.66. The predicted octanol–water partition coefficient (Wildman–Crippen LogP) is 1.47. The molecule has 1 rings (SSSR count). The van der Waals surface area contributed by atoms with E-state index in [1.165, 1.54) is 0 Å². The molecule has 1 aliphatic rings. The Morgan fingerprint density at radius 2 is 2.25 bits per heavy atom. The third-order valence-electron chi connectivity index (χ3n) is 2.69. The van der Waals surface area contributed by atoms with Crippen LogP contribution in [0, 0.1) is 5.92 Å². The zero-order chi connectivity index (χ0) is 9.19. The smallest absolute Gasteiger partial charge is 0.0626 e. The minimum atomic E-state index is -0.615. The van der Waals surface area contributed by atoms with Gasteiger partial charge in [-0.05, 0) is 32.6 Å². The predicted molar refractivity (Wildman–Crippen MR) is 48.8 cm³/mol. The van der Waals surface area contributed by atoms with Gasteiger partial charge in [-0.1, -0.05) is 6.08 Å². The van der Waals surface area contributed by atoms with E-state index in [9.17, 15) is 10.2 Å². The summed E-state index contributed by atoms with van der Waals surface area (Å²) >= 11 is 0. The fourth-order valence-electron chi connectivity index (χ4n) is 1.89. The highest BCUT2D eigenvalue weighted by molar-refractivity contribution is 4.92. The van der Waals surface area contributed by atoms with Crippen LogP contribution >= 0.6 is 0 Å². The molecule has 0 heterocycles. The molecule has 0 aromatic heterocycles. The molecule has 0 aromatic rings. The van der Waals surface area contributed by atoms with Crippen molar-refractivity contribution in [3.63, 3.8) is 0 Å². The number of aliphatic hydroxyl groups is 2. The van der Waals surface area contributed by atoms with Crippen molar-refractivity contribution in [3.8, 4) is 0 Å². The summed E-state index contributed by atoms with van der Waals surface area (Å²) in [5.74, 6) is 0.0579. The molecule has 2 heteroatoms. The Kier molecular flexibility index (Phi) is 2.91. The summed E-state index contributed by atoms with van der Waals surface area (Å²) in [5.41, 5.74) is -0.615. The summed E-state index contributed by atoms with van der Waals surface area (Å²) in [4.78, 5) is 0. The van der Waals surface area contributed by atoms with Crippen molar-refractivity contribution < 1.29 is 10.2 Å². The summed E-state index contributed by atoms with van der Waals surface area (Å²) in [6.45, 7) is 5.51. The SMILES string of the molecule is C=CC1CC(C)(O)CCCC1O. The van der Waals surface area contributed by atoms with E-state index in [-0.39, 0.29) is 12.0 Å². The first kappa shape index (κ1) is 9.75. The Morgan fingerprint density at radius 1 is 1.58 bits per heavy atom. The van der Waals surface area contributed by atoms with Gasteiger partial charge in [0.25, 0.3) is 0 Å². The van der Waals surface area contributed by atoms with Gasteiger partial charge in [-0.25, -0.2) is 0 Å². The maximum atomic E-state index is 9.81. The van der Waals surface area contributed by atoms with E-state index in [0.29, 0.717) is 6.42 Å². The van der Waals surface area contributed by atoms with E-state index in [2.05, 4.69) is 6.58 Å². The standard InChI is InChI=1S/C10H18O2/c1-3-8-7-10(2,12)6-4-5-9(8)11/h3,8-9,11-12H,1,4-7H2,2H3. The molecular weight excluding hydrogens is 152 g/mol. The van der Waals surface area contributed by atoms with Crippen molar-refractivity contribution in [1.82, 2.24) is 0 Å². The molecule has 3 atom stereocenters. The van der Waals surface area contributed by atoms with E-state index in [0.717, 1.165) is 19.3 Å². The monoisotopic (exact) mass is 170 g/mol. The molecule has 1 aliphatic carbocycles. The number of hydrogen-bond acceptors (Lipinski definition) is 2. The lowest BCUT2D eigenvalue weighted by molar-refractivity contribution is 0.0255. The molecule has 0 amide bonds. The van der Waals surface area contributed by atoms with Gasteiger partial charge in [-0.2, -0.15) is 0 Å². The third kappa shape index (κ3) is 2.32. The first-order valence-electron chi connectivity index (χ1n) is 4.58. The van der Waals surface area contributed by atoms with Crippen molar-refractivity contribution in [2.75, 3.05) is 0 Å². The third-order valence-corrected chi connectivity index (χ3v) is 2.69. The molecule has 0 spiro atoms. The topological polar surface area (TPSA) is 40.5 Å². The maximum Gasteiger partial charge on any atom is 0.0626 e. The zero-order valence-corrected chi connectivity index (χ0v) is 7.66. The first-order valence-corrected chi connectivity index (χ1v) is 4.58. The molecule has 2 nitrogen and oxygen atoms in total. The molecule has 0 radical (unpaired) electrons. The largest absolute Gasteiger partial charge is 0.393 e. The van der Waals surface area contributed by atoms with Crippen LogP contribution in [-0.4, -0.2) is 21.9 Å². The van der Waals surface area contributed by atoms with Crippen LogP contribution in [0.4, 0.5) is 0 Å². The normalized spacial score (nSPS) is 43.6. The van der Waals surface area contributed by atoms with E-state index < -0.39 is 5.60 Å². The van der Waals surface area contributed by atoms with Crippen molar-refractivity contribution in [1.29, 1.82) is 0 Å². The second-order valence-corrected chi connectivity index (χ2v) is 4.06. The highest BCUT2D eigenvalue weighted by atomic mass is 16.3. The van der Waals surface area contributed by atoms with Crippen LogP contribution in [-0.2, 0) is 0 Å². The summed E-state index contributed by atoms with van der Waals surface area (Å²) in [5, 5.41) is 19.4. The molecule has 0 aliphatic heterocycles. The van der Waals surface area contributed by atoms with Crippen LogP contribution < -0.4 is 0 Å². The van der Waals surface area contributed by atoms with E-state index in [4.69, 9.17) is 0 Å². The lowest BCUT2D eigenvalue weighted by Crippen LogP contribution is -2.27. The van der Waals surface area contributed by atoms with E-state index in [1.54, 1.807) is 6.08 Å². The van der Waals surface area contributed by atoms with Crippen LogP contribution in [0.2, 0.25) is 0 Å². The number of rotatable bonds is 1. The molecular formula is C10H18O2. The van der Waals surface area contributed by atoms with Gasteiger partial charge in [-0.3, -0.25) is 0 Å². The molecule has 0 bridgehead atoms. The Labute approximate surface area is 73.9 Å². The van der Waals surface area contributed by atoms with E-state index in [1.807, 2.05) is 6.92 Å². The summed E-state index contributed by atoms with van der Waals surface area (Å²) < 4.78 is 0. The fourth-order valence-corrected chi connectivity index (χ4v) is 1.89. The van der Waals surface area contributed by atoms with Crippen molar-refractivity contribution >= 4 is 0 Å². The summed E-state index contributed by atoms with van der Waals surface area (Å²) in [6, 6.07) is 0. The highest BCUT2D eigenvalue weighted by Crippen LogP contribution is 2.31. The first-order chi connectivity index (χ1) is 5.55. The Morgan fingerprint density at radius 3 is 2.83 bits per heavy atom. The van der Waals surface area contributed by atoms with Gasteiger partial charge in [0.05, 0.1) is 11.7 Å². The number of aliphatic hydroxyl groups excluding tert-OH is 1. The Hall–Kier alpha value is -0.340. The molecule has 12 heavy (non-hydrogen) atoms.